The van der Waals surface area contributed by atoms with Crippen molar-refractivity contribution in [3.8, 4) is 5.75 Å². The van der Waals surface area contributed by atoms with E-state index in [0.29, 0.717) is 11.6 Å². The van der Waals surface area contributed by atoms with Gasteiger partial charge in [-0.05, 0) is 12.1 Å². The monoisotopic (exact) mass is 250 g/mol. The van der Waals surface area contributed by atoms with E-state index in [0.717, 1.165) is 16.3 Å². The topological polar surface area (TPSA) is 48.1 Å². The Labute approximate surface area is 103 Å². The number of rotatable bonds is 4. The Balaban J connectivity index is 2.04. The van der Waals surface area contributed by atoms with Crippen LogP contribution in [0.25, 0.3) is 0 Å². The quantitative estimate of drug-likeness (QED) is 0.846. The van der Waals surface area contributed by atoms with Crippen LogP contribution in [0.4, 0.5) is 0 Å². The fourth-order valence-electron chi connectivity index (χ4n) is 1.21. The van der Waals surface area contributed by atoms with Crippen LogP contribution in [0.15, 0.2) is 35.8 Å². The van der Waals surface area contributed by atoms with Crippen LogP contribution in [0.1, 0.15) is 10.6 Å². The van der Waals surface area contributed by atoms with Gasteiger partial charge in [-0.15, -0.1) is 11.3 Å². The maximum absolute atomic E-state index is 5.57. The standard InChI is InChI=1S/C11H10N2OS2/c12-11(15)8-2-1-3-9(6-8)14-7-10-13-4-5-16-10/h1-6H,7H2,(H2,12,15). The van der Waals surface area contributed by atoms with E-state index in [9.17, 15) is 0 Å². The van der Waals surface area contributed by atoms with Crippen molar-refractivity contribution in [3.05, 3.63) is 46.4 Å². The van der Waals surface area contributed by atoms with Gasteiger partial charge in [-0.25, -0.2) is 4.98 Å². The molecule has 5 heteroatoms. The first-order valence-electron chi connectivity index (χ1n) is 4.67. The number of hydrogen-bond donors (Lipinski definition) is 1. The van der Waals surface area contributed by atoms with Gasteiger partial charge in [-0.1, -0.05) is 24.4 Å². The third-order valence-electron chi connectivity index (χ3n) is 1.96. The molecular weight excluding hydrogens is 240 g/mol. The molecule has 0 radical (unpaired) electrons. The first-order valence-corrected chi connectivity index (χ1v) is 5.95. The molecular formula is C11H10N2OS2. The molecule has 0 amide bonds. The third kappa shape index (κ3) is 2.77. The molecule has 0 saturated carbocycles. The van der Waals surface area contributed by atoms with Gasteiger partial charge in [0.1, 0.15) is 22.4 Å². The van der Waals surface area contributed by atoms with Gasteiger partial charge >= 0.3 is 0 Å². The van der Waals surface area contributed by atoms with Crippen LogP contribution >= 0.6 is 23.6 Å². The summed E-state index contributed by atoms with van der Waals surface area (Å²) in [4.78, 5) is 4.51. The summed E-state index contributed by atoms with van der Waals surface area (Å²) < 4.78 is 5.57. The minimum Gasteiger partial charge on any atom is -0.486 e. The van der Waals surface area contributed by atoms with Crippen LogP contribution in [0.5, 0.6) is 5.75 Å². The highest BCUT2D eigenvalue weighted by atomic mass is 32.1. The average molecular weight is 250 g/mol. The van der Waals surface area contributed by atoms with E-state index in [4.69, 9.17) is 22.7 Å². The molecule has 0 atom stereocenters. The summed E-state index contributed by atoms with van der Waals surface area (Å²) >= 11 is 6.46. The SMILES string of the molecule is NC(=S)c1cccc(OCc2nccs2)c1. The first-order chi connectivity index (χ1) is 7.75. The van der Waals surface area contributed by atoms with E-state index in [-0.39, 0.29) is 0 Å². The van der Waals surface area contributed by atoms with E-state index in [1.54, 1.807) is 17.5 Å². The number of thiazole rings is 1. The van der Waals surface area contributed by atoms with E-state index >= 15 is 0 Å². The Kier molecular flexibility index (Phi) is 3.48. The zero-order valence-electron chi connectivity index (χ0n) is 8.42. The lowest BCUT2D eigenvalue weighted by molar-refractivity contribution is 0.305. The lowest BCUT2D eigenvalue weighted by atomic mass is 10.2. The van der Waals surface area contributed by atoms with Crippen molar-refractivity contribution in [1.82, 2.24) is 4.98 Å². The van der Waals surface area contributed by atoms with Gasteiger partial charge in [0.05, 0.1) is 0 Å². The van der Waals surface area contributed by atoms with Crippen LogP contribution in [-0.2, 0) is 6.61 Å². The molecule has 1 heterocycles. The van der Waals surface area contributed by atoms with Gasteiger partial charge in [0.25, 0.3) is 0 Å². The maximum atomic E-state index is 5.57. The summed E-state index contributed by atoms with van der Waals surface area (Å²) in [5, 5.41) is 2.87. The van der Waals surface area contributed by atoms with Crippen LogP contribution in [0.3, 0.4) is 0 Å². The van der Waals surface area contributed by atoms with Gasteiger partial charge < -0.3 is 10.5 Å². The van der Waals surface area contributed by atoms with Gasteiger partial charge in [-0.3, -0.25) is 0 Å². The van der Waals surface area contributed by atoms with Gasteiger partial charge in [0.2, 0.25) is 0 Å². The number of nitrogens with zero attached hydrogens (tertiary/aromatic N) is 1. The normalized spacial score (nSPS) is 10.0. The molecule has 2 aromatic rings. The van der Waals surface area contributed by atoms with Crippen LogP contribution in [-0.4, -0.2) is 9.97 Å². The van der Waals surface area contributed by atoms with Crippen LogP contribution in [0.2, 0.25) is 0 Å². The maximum Gasteiger partial charge on any atom is 0.140 e. The molecule has 1 aromatic heterocycles. The lowest BCUT2D eigenvalue weighted by Crippen LogP contribution is -2.09. The largest absolute Gasteiger partial charge is 0.486 e. The van der Waals surface area contributed by atoms with Crippen molar-refractivity contribution >= 4 is 28.5 Å². The number of benzene rings is 1. The van der Waals surface area contributed by atoms with Crippen molar-refractivity contribution in [2.75, 3.05) is 0 Å². The van der Waals surface area contributed by atoms with Crippen LogP contribution < -0.4 is 10.5 Å². The predicted molar refractivity (Wildman–Crippen MR) is 68.8 cm³/mol. The van der Waals surface area contributed by atoms with E-state index in [1.807, 2.05) is 29.6 Å². The second-order valence-corrected chi connectivity index (χ2v) is 4.53. The molecule has 16 heavy (non-hydrogen) atoms. The minimum atomic E-state index is 0.375. The molecule has 2 N–H and O–H groups in total. The Morgan fingerprint density at radius 2 is 2.38 bits per heavy atom. The fraction of sp³-hybridized carbons (Fsp3) is 0.0909. The second kappa shape index (κ2) is 5.05. The molecule has 0 spiro atoms. The molecule has 2 rings (SSSR count). The summed E-state index contributed by atoms with van der Waals surface area (Å²) in [7, 11) is 0. The molecule has 0 unspecified atom stereocenters. The zero-order valence-corrected chi connectivity index (χ0v) is 10.1. The summed E-state index contributed by atoms with van der Waals surface area (Å²) in [6.45, 7) is 0.471. The molecule has 0 fully saturated rings. The number of thiocarbonyl (C=S) groups is 1. The lowest BCUT2D eigenvalue weighted by Gasteiger charge is -2.05. The number of ether oxygens (including phenoxy) is 1. The highest BCUT2D eigenvalue weighted by molar-refractivity contribution is 7.80. The molecule has 0 aliphatic heterocycles. The Hall–Kier alpha value is -1.46. The molecule has 82 valence electrons. The molecule has 3 nitrogen and oxygen atoms in total. The van der Waals surface area contributed by atoms with Crippen molar-refractivity contribution in [3.63, 3.8) is 0 Å². The van der Waals surface area contributed by atoms with Gasteiger partial charge in [0.15, 0.2) is 0 Å². The minimum absolute atomic E-state index is 0.375. The predicted octanol–water partition coefficient (Wildman–Crippen LogP) is 2.36. The summed E-state index contributed by atoms with van der Waals surface area (Å²) in [6.07, 6.45) is 1.76. The molecule has 1 aromatic carbocycles. The smallest absolute Gasteiger partial charge is 0.140 e. The highest BCUT2D eigenvalue weighted by Gasteiger charge is 2.00. The number of hydrogen-bond acceptors (Lipinski definition) is 4. The molecule has 0 saturated heterocycles. The van der Waals surface area contributed by atoms with E-state index in [2.05, 4.69) is 4.98 Å². The number of nitrogens with two attached hydrogens (primary N) is 1. The summed E-state index contributed by atoms with van der Waals surface area (Å²) in [5.74, 6) is 0.750. The molecule has 0 aliphatic rings. The third-order valence-corrected chi connectivity index (χ3v) is 2.95. The summed E-state index contributed by atoms with van der Waals surface area (Å²) in [6, 6.07) is 7.43. The summed E-state index contributed by atoms with van der Waals surface area (Å²) in [5.41, 5.74) is 6.35. The van der Waals surface area contributed by atoms with Crippen molar-refractivity contribution in [1.29, 1.82) is 0 Å². The van der Waals surface area contributed by atoms with Crippen molar-refractivity contribution in [2.45, 2.75) is 6.61 Å². The first kappa shape index (κ1) is 11.0. The zero-order chi connectivity index (χ0) is 11.4. The van der Waals surface area contributed by atoms with Crippen LogP contribution in [0, 0.1) is 0 Å². The molecule has 0 aliphatic carbocycles. The van der Waals surface area contributed by atoms with Crippen molar-refractivity contribution < 1.29 is 4.74 Å². The molecule has 0 bridgehead atoms. The van der Waals surface area contributed by atoms with Gasteiger partial charge in [0, 0.05) is 17.1 Å². The Morgan fingerprint density at radius 3 is 3.06 bits per heavy atom. The Bertz CT molecular complexity index is 482. The Morgan fingerprint density at radius 1 is 1.50 bits per heavy atom. The van der Waals surface area contributed by atoms with Gasteiger partial charge in [-0.2, -0.15) is 0 Å². The van der Waals surface area contributed by atoms with Crippen molar-refractivity contribution in [2.24, 2.45) is 5.73 Å². The van der Waals surface area contributed by atoms with E-state index in [1.165, 1.54) is 0 Å². The number of aromatic nitrogens is 1. The highest BCUT2D eigenvalue weighted by Crippen LogP contribution is 2.15. The fourth-order valence-corrected chi connectivity index (χ4v) is 1.86. The van der Waals surface area contributed by atoms with E-state index < -0.39 is 0 Å². The average Bonchev–Trinajstić information content (AvgIpc) is 2.79. The second-order valence-electron chi connectivity index (χ2n) is 3.11.